The summed E-state index contributed by atoms with van der Waals surface area (Å²) in [6, 6.07) is 10.9. The largest absolute Gasteiger partial charge is 0.106 e. The van der Waals surface area contributed by atoms with Crippen molar-refractivity contribution >= 4 is 0 Å². The number of rotatable bonds is 6. The Morgan fingerprint density at radius 2 is 1.65 bits per heavy atom. The van der Waals surface area contributed by atoms with E-state index in [2.05, 4.69) is 89.4 Å². The predicted molar refractivity (Wildman–Crippen MR) is 93.1 cm³/mol. The molecule has 0 heteroatoms. The fourth-order valence-electron chi connectivity index (χ4n) is 2.32. The summed E-state index contributed by atoms with van der Waals surface area (Å²) in [7, 11) is 0. The molecule has 1 atom stereocenters. The fraction of sp³-hybridized carbons (Fsp3) is 0.400. The maximum Gasteiger partial charge on any atom is 0.00860 e. The highest BCUT2D eigenvalue weighted by atomic mass is 14.2. The molecule has 0 aromatic heterocycles. The van der Waals surface area contributed by atoms with Gasteiger partial charge in [-0.05, 0) is 37.3 Å². The first-order valence-electron chi connectivity index (χ1n) is 7.52. The van der Waals surface area contributed by atoms with Crippen LogP contribution in [-0.2, 0) is 0 Å². The third kappa shape index (κ3) is 6.56. The van der Waals surface area contributed by atoms with Gasteiger partial charge in [-0.3, -0.25) is 0 Å². The summed E-state index contributed by atoms with van der Waals surface area (Å²) in [6.45, 7) is 14.8. The maximum absolute atomic E-state index is 3.00. The molecule has 1 rings (SSSR count). The van der Waals surface area contributed by atoms with Crippen molar-refractivity contribution in [2.75, 3.05) is 0 Å². The summed E-state index contributed by atoms with van der Waals surface area (Å²) < 4.78 is 0. The highest BCUT2D eigenvalue weighted by Gasteiger charge is 2.14. The minimum absolute atomic E-state index is 0.537. The van der Waals surface area contributed by atoms with Crippen LogP contribution < -0.4 is 0 Å². The highest BCUT2D eigenvalue weighted by molar-refractivity contribution is 5.34. The Labute approximate surface area is 125 Å². The van der Waals surface area contributed by atoms with Crippen LogP contribution in [0, 0.1) is 5.92 Å². The molecule has 0 saturated heterocycles. The van der Waals surface area contributed by atoms with E-state index in [4.69, 9.17) is 0 Å². The molecule has 1 aromatic rings. The Bertz CT molecular complexity index is 395. The van der Waals surface area contributed by atoms with Crippen molar-refractivity contribution in [2.24, 2.45) is 5.92 Å². The van der Waals surface area contributed by atoms with Gasteiger partial charge in [0.05, 0.1) is 0 Å². The molecule has 0 spiro atoms. The number of hydrogen-bond donors (Lipinski definition) is 0. The average molecular weight is 270 g/mol. The second kappa shape index (κ2) is 11.3. The van der Waals surface area contributed by atoms with Crippen molar-refractivity contribution in [3.8, 4) is 0 Å². The minimum atomic E-state index is 0.537. The Morgan fingerprint density at radius 3 is 2.10 bits per heavy atom. The zero-order valence-electron chi connectivity index (χ0n) is 13.6. The quantitative estimate of drug-likeness (QED) is 0.407. The molecule has 1 unspecified atom stereocenters. The Kier molecular flexibility index (Phi) is 10.4. The molecular formula is C20H30. The third-order valence-electron chi connectivity index (χ3n) is 3.33. The van der Waals surface area contributed by atoms with E-state index >= 15 is 0 Å². The monoisotopic (exact) mass is 270 g/mol. The molecule has 0 heterocycles. The molecule has 0 saturated carbocycles. The summed E-state index contributed by atoms with van der Waals surface area (Å²) in [6.07, 6.45) is 9.14. The van der Waals surface area contributed by atoms with Gasteiger partial charge in [0.25, 0.3) is 0 Å². The van der Waals surface area contributed by atoms with Gasteiger partial charge >= 0.3 is 0 Å². The summed E-state index contributed by atoms with van der Waals surface area (Å²) in [5.74, 6) is 1.30. The first-order valence-corrected chi connectivity index (χ1v) is 7.52. The second-order valence-electron chi connectivity index (χ2n) is 5.22. The van der Waals surface area contributed by atoms with Crippen molar-refractivity contribution < 1.29 is 0 Å². The molecule has 0 fully saturated rings. The van der Waals surface area contributed by atoms with Crippen molar-refractivity contribution in [1.82, 2.24) is 0 Å². The van der Waals surface area contributed by atoms with Crippen LogP contribution in [0.5, 0.6) is 0 Å². The molecular weight excluding hydrogens is 240 g/mol. The number of allylic oxidation sites excluding steroid dienone is 4. The van der Waals surface area contributed by atoms with E-state index in [-0.39, 0.29) is 0 Å². The minimum Gasteiger partial charge on any atom is -0.106 e. The van der Waals surface area contributed by atoms with E-state index in [1.807, 2.05) is 0 Å². The van der Waals surface area contributed by atoms with Gasteiger partial charge in [-0.1, -0.05) is 68.8 Å². The van der Waals surface area contributed by atoms with Crippen molar-refractivity contribution in [3.63, 3.8) is 0 Å². The van der Waals surface area contributed by atoms with Gasteiger partial charge in [0.2, 0.25) is 0 Å². The molecule has 1 aromatic carbocycles. The zero-order chi connectivity index (χ0) is 15.4. The zero-order valence-corrected chi connectivity index (χ0v) is 13.6. The topological polar surface area (TPSA) is 0 Å². The normalized spacial score (nSPS) is 13.2. The van der Waals surface area contributed by atoms with Crippen molar-refractivity contribution in [1.29, 1.82) is 0 Å². The molecule has 0 aliphatic heterocycles. The number of benzene rings is 1. The first-order chi connectivity index (χ1) is 9.69. The second-order valence-corrected chi connectivity index (χ2v) is 5.22. The first kappa shape index (κ1) is 18.4. The van der Waals surface area contributed by atoms with Gasteiger partial charge < -0.3 is 0 Å². The number of hydrogen-bond acceptors (Lipinski definition) is 0. The van der Waals surface area contributed by atoms with Crippen LogP contribution >= 0.6 is 0 Å². The lowest BCUT2D eigenvalue weighted by atomic mass is 9.85. The van der Waals surface area contributed by atoms with Crippen LogP contribution in [0.3, 0.4) is 0 Å². The van der Waals surface area contributed by atoms with E-state index in [0.29, 0.717) is 5.92 Å². The standard InChI is InChI=1S/C18H26.C2H4/c1-5-10-16(6-2)18(14-13-15(3)4)17-11-8-7-9-12-17;1-2/h5-12,15,18H,13-14H2,1-4H3;1-2H2/b10-5-,16-6+;. The molecule has 0 aliphatic carbocycles. The van der Waals surface area contributed by atoms with Gasteiger partial charge in [0.15, 0.2) is 0 Å². The van der Waals surface area contributed by atoms with Gasteiger partial charge in [0, 0.05) is 5.92 Å². The summed E-state index contributed by atoms with van der Waals surface area (Å²) >= 11 is 0. The summed E-state index contributed by atoms with van der Waals surface area (Å²) in [5, 5.41) is 0. The van der Waals surface area contributed by atoms with Crippen LogP contribution in [0.2, 0.25) is 0 Å². The van der Waals surface area contributed by atoms with Crippen molar-refractivity contribution in [2.45, 2.75) is 46.5 Å². The van der Waals surface area contributed by atoms with E-state index in [0.717, 1.165) is 5.92 Å². The lowest BCUT2D eigenvalue weighted by Crippen LogP contribution is -2.03. The van der Waals surface area contributed by atoms with Crippen LogP contribution in [0.1, 0.15) is 52.0 Å². The smallest absolute Gasteiger partial charge is 0.00860 e. The molecule has 110 valence electrons. The van der Waals surface area contributed by atoms with E-state index < -0.39 is 0 Å². The third-order valence-corrected chi connectivity index (χ3v) is 3.33. The lowest BCUT2D eigenvalue weighted by molar-refractivity contribution is 0.528. The Hall–Kier alpha value is -1.56. The summed E-state index contributed by atoms with van der Waals surface area (Å²) in [5.41, 5.74) is 2.87. The van der Waals surface area contributed by atoms with Crippen molar-refractivity contribution in [3.05, 3.63) is 72.9 Å². The van der Waals surface area contributed by atoms with Crippen LogP contribution in [-0.4, -0.2) is 0 Å². The average Bonchev–Trinajstić information content (AvgIpc) is 2.49. The molecule has 0 bridgehead atoms. The van der Waals surface area contributed by atoms with Gasteiger partial charge in [-0.25, -0.2) is 0 Å². The van der Waals surface area contributed by atoms with Gasteiger partial charge in [-0.15, -0.1) is 13.2 Å². The summed E-state index contributed by atoms with van der Waals surface area (Å²) in [4.78, 5) is 0. The SMILES string of the molecule is C/C=C\C(=C/C)C(CCC(C)C)c1ccccc1.C=C. The lowest BCUT2D eigenvalue weighted by Gasteiger charge is -2.20. The van der Waals surface area contributed by atoms with Gasteiger partial charge in [-0.2, -0.15) is 0 Å². The maximum atomic E-state index is 3.00. The van der Waals surface area contributed by atoms with E-state index in [1.54, 1.807) is 0 Å². The van der Waals surface area contributed by atoms with Crippen LogP contribution in [0.15, 0.2) is 67.3 Å². The van der Waals surface area contributed by atoms with Crippen LogP contribution in [0.4, 0.5) is 0 Å². The molecule has 0 nitrogen and oxygen atoms in total. The Morgan fingerprint density at radius 1 is 1.05 bits per heavy atom. The van der Waals surface area contributed by atoms with Gasteiger partial charge in [0.1, 0.15) is 0 Å². The van der Waals surface area contributed by atoms with E-state index in [9.17, 15) is 0 Å². The predicted octanol–water partition coefficient (Wildman–Crippen LogP) is 6.53. The molecule has 0 amide bonds. The van der Waals surface area contributed by atoms with E-state index in [1.165, 1.54) is 24.0 Å². The fourth-order valence-corrected chi connectivity index (χ4v) is 2.32. The van der Waals surface area contributed by atoms with Crippen LogP contribution in [0.25, 0.3) is 0 Å². The molecule has 0 N–H and O–H groups in total. The molecule has 0 aliphatic rings. The highest BCUT2D eigenvalue weighted by Crippen LogP contribution is 2.31. The molecule has 0 radical (unpaired) electrons. The Balaban J connectivity index is 0.00000172. The molecule has 20 heavy (non-hydrogen) atoms.